The number of nitrogens with one attached hydrogen (secondary N) is 1. The maximum Gasteiger partial charge on any atom is 0.316 e. The van der Waals surface area contributed by atoms with Crippen LogP contribution in [-0.4, -0.2) is 40.9 Å². The number of hydrogen-bond acceptors (Lipinski definition) is 4. The Bertz CT molecular complexity index is 395. The minimum atomic E-state index is -3.46. The largest absolute Gasteiger partial charge is 0.316 e. The lowest BCUT2D eigenvalue weighted by atomic mass is 10.2. The Balaban J connectivity index is 2.05. The van der Waals surface area contributed by atoms with E-state index in [0.29, 0.717) is 13.1 Å². The first kappa shape index (κ1) is 10.4. The van der Waals surface area contributed by atoms with E-state index in [0.717, 1.165) is 24.1 Å². The van der Waals surface area contributed by atoms with Crippen LogP contribution in [0.1, 0.15) is 19.3 Å². The van der Waals surface area contributed by atoms with Gasteiger partial charge in [-0.25, -0.2) is 0 Å². The Hall–Kier alpha value is -1.15. The van der Waals surface area contributed by atoms with Gasteiger partial charge in [0, 0.05) is 13.1 Å². The predicted molar refractivity (Wildman–Crippen MR) is 53.7 cm³/mol. The third-order valence-corrected chi connectivity index (χ3v) is 3.75. The van der Waals surface area contributed by atoms with Crippen molar-refractivity contribution in [2.75, 3.05) is 17.9 Å². The van der Waals surface area contributed by atoms with Gasteiger partial charge in [0.1, 0.15) is 0 Å². The van der Waals surface area contributed by atoms with Gasteiger partial charge in [-0.1, -0.05) is 6.42 Å². The minimum Gasteiger partial charge on any atom is -0.190 e. The van der Waals surface area contributed by atoms with Crippen molar-refractivity contribution in [1.29, 1.82) is 0 Å². The summed E-state index contributed by atoms with van der Waals surface area (Å²) in [5, 5.41) is 7.06. The van der Waals surface area contributed by atoms with Crippen LogP contribution in [0.5, 0.6) is 0 Å². The molecule has 1 aliphatic heterocycles. The Labute approximate surface area is 88.2 Å². The van der Waals surface area contributed by atoms with Gasteiger partial charge in [-0.05, 0) is 18.1 Å². The van der Waals surface area contributed by atoms with E-state index in [1.54, 1.807) is 0 Å². The molecule has 1 fully saturated rings. The molecular weight excluding hydrogens is 218 g/mol. The molecule has 7 nitrogen and oxygen atoms in total. The van der Waals surface area contributed by atoms with E-state index in [4.69, 9.17) is 0 Å². The van der Waals surface area contributed by atoms with Crippen LogP contribution in [0.3, 0.4) is 0 Å². The average molecular weight is 231 g/mol. The third kappa shape index (κ3) is 2.45. The van der Waals surface area contributed by atoms with Crippen molar-refractivity contribution >= 4 is 10.2 Å². The van der Waals surface area contributed by atoms with E-state index in [1.165, 1.54) is 16.7 Å². The number of piperidine rings is 1. The molecule has 0 atom stereocenters. The molecule has 0 amide bonds. The smallest absolute Gasteiger partial charge is 0.190 e. The highest BCUT2D eigenvalue weighted by molar-refractivity contribution is 7.90. The molecule has 2 heterocycles. The zero-order valence-electron chi connectivity index (χ0n) is 8.20. The Morgan fingerprint density at radius 3 is 2.53 bits per heavy atom. The zero-order chi connectivity index (χ0) is 10.7. The van der Waals surface area contributed by atoms with Gasteiger partial charge in [-0.2, -0.15) is 22.3 Å². The van der Waals surface area contributed by atoms with Gasteiger partial charge in [0.05, 0.1) is 12.4 Å². The number of hydrogen-bond donors (Lipinski definition) is 1. The van der Waals surface area contributed by atoms with E-state index in [-0.39, 0.29) is 0 Å². The number of nitrogens with zero attached hydrogens (tertiary/aromatic N) is 4. The molecule has 0 aliphatic carbocycles. The summed E-state index contributed by atoms with van der Waals surface area (Å²) in [5.74, 6) is 0. The van der Waals surface area contributed by atoms with E-state index < -0.39 is 10.2 Å². The zero-order valence-corrected chi connectivity index (χ0v) is 9.02. The summed E-state index contributed by atoms with van der Waals surface area (Å²) in [7, 11) is -3.46. The Morgan fingerprint density at radius 1 is 1.20 bits per heavy atom. The quantitative estimate of drug-likeness (QED) is 0.764. The van der Waals surface area contributed by atoms with Crippen LogP contribution in [0.2, 0.25) is 0 Å². The van der Waals surface area contributed by atoms with Crippen molar-refractivity contribution in [3.05, 3.63) is 12.4 Å². The maximum atomic E-state index is 11.8. The molecule has 0 aromatic carbocycles. The standard InChI is InChI=1S/C7H13N5O2S/c13-15(14,10-12-7-4-8-9-12)11-5-2-1-3-6-11/h4,7,10H,1-3,5-6H2. The van der Waals surface area contributed by atoms with Gasteiger partial charge in [0.2, 0.25) is 0 Å². The molecule has 1 saturated heterocycles. The van der Waals surface area contributed by atoms with Gasteiger partial charge < -0.3 is 0 Å². The Kier molecular flexibility index (Phi) is 2.87. The summed E-state index contributed by atoms with van der Waals surface area (Å²) >= 11 is 0. The van der Waals surface area contributed by atoms with Gasteiger partial charge in [0.25, 0.3) is 0 Å². The summed E-state index contributed by atoms with van der Waals surface area (Å²) in [4.78, 5) is 3.40. The van der Waals surface area contributed by atoms with Crippen molar-refractivity contribution in [1.82, 2.24) is 19.4 Å². The van der Waals surface area contributed by atoms with Crippen molar-refractivity contribution < 1.29 is 8.42 Å². The van der Waals surface area contributed by atoms with Crippen LogP contribution in [-0.2, 0) is 10.2 Å². The second-order valence-corrected chi connectivity index (χ2v) is 5.05. The van der Waals surface area contributed by atoms with E-state index in [9.17, 15) is 8.42 Å². The van der Waals surface area contributed by atoms with Gasteiger partial charge in [-0.15, -0.1) is 5.10 Å². The summed E-state index contributed by atoms with van der Waals surface area (Å²) in [6.45, 7) is 1.15. The van der Waals surface area contributed by atoms with Crippen LogP contribution in [0.25, 0.3) is 0 Å². The molecule has 84 valence electrons. The van der Waals surface area contributed by atoms with Gasteiger partial charge in [0.15, 0.2) is 0 Å². The second kappa shape index (κ2) is 4.15. The molecule has 2 rings (SSSR count). The summed E-state index contributed by atoms with van der Waals surface area (Å²) in [6.07, 6.45) is 5.78. The van der Waals surface area contributed by atoms with E-state index in [1.807, 2.05) is 0 Å². The molecule has 0 spiro atoms. The minimum absolute atomic E-state index is 0.573. The molecule has 0 bridgehead atoms. The summed E-state index contributed by atoms with van der Waals surface area (Å²) < 4.78 is 25.0. The summed E-state index contributed by atoms with van der Waals surface area (Å²) in [5.41, 5.74) is 0. The van der Waals surface area contributed by atoms with Crippen molar-refractivity contribution in [2.24, 2.45) is 0 Å². The van der Waals surface area contributed by atoms with E-state index >= 15 is 0 Å². The fraction of sp³-hybridized carbons (Fsp3) is 0.714. The lowest BCUT2D eigenvalue weighted by Gasteiger charge is -2.25. The fourth-order valence-electron chi connectivity index (χ4n) is 1.54. The molecule has 1 aliphatic rings. The van der Waals surface area contributed by atoms with Crippen LogP contribution >= 0.6 is 0 Å². The monoisotopic (exact) mass is 231 g/mol. The van der Waals surface area contributed by atoms with E-state index in [2.05, 4.69) is 15.1 Å². The first-order valence-electron chi connectivity index (χ1n) is 4.83. The Morgan fingerprint density at radius 2 is 1.93 bits per heavy atom. The van der Waals surface area contributed by atoms with Gasteiger partial charge in [-0.3, -0.25) is 0 Å². The molecule has 1 N–H and O–H groups in total. The third-order valence-electron chi connectivity index (χ3n) is 2.29. The average Bonchev–Trinajstić information content (AvgIpc) is 2.71. The predicted octanol–water partition coefficient (Wildman–Crippen LogP) is -0.448. The van der Waals surface area contributed by atoms with Crippen LogP contribution < -0.4 is 4.83 Å². The second-order valence-electron chi connectivity index (χ2n) is 3.40. The van der Waals surface area contributed by atoms with Crippen molar-refractivity contribution in [3.8, 4) is 0 Å². The maximum absolute atomic E-state index is 11.8. The molecule has 15 heavy (non-hydrogen) atoms. The lowest BCUT2D eigenvalue weighted by Crippen LogP contribution is -2.42. The van der Waals surface area contributed by atoms with Crippen LogP contribution in [0.4, 0.5) is 0 Å². The molecular formula is C7H13N5O2S. The van der Waals surface area contributed by atoms with Crippen LogP contribution in [0, 0.1) is 0 Å². The highest BCUT2D eigenvalue weighted by atomic mass is 32.2. The first-order chi connectivity index (χ1) is 7.18. The molecule has 8 heteroatoms. The molecule has 0 radical (unpaired) electrons. The number of aromatic nitrogens is 3. The van der Waals surface area contributed by atoms with Crippen molar-refractivity contribution in [3.63, 3.8) is 0 Å². The topological polar surface area (TPSA) is 80.1 Å². The molecule has 0 unspecified atom stereocenters. The fourth-order valence-corrected chi connectivity index (χ4v) is 2.73. The molecule has 1 aromatic heterocycles. The normalized spacial score (nSPS) is 18.9. The highest BCUT2D eigenvalue weighted by Crippen LogP contribution is 2.11. The number of rotatable bonds is 3. The highest BCUT2D eigenvalue weighted by Gasteiger charge is 2.23. The lowest BCUT2D eigenvalue weighted by molar-refractivity contribution is 0.346. The SMILES string of the molecule is O=S(=O)(Nn1ccnn1)N1CCCCC1. The van der Waals surface area contributed by atoms with Crippen LogP contribution in [0.15, 0.2) is 12.4 Å². The summed E-state index contributed by atoms with van der Waals surface area (Å²) in [6, 6.07) is 0. The first-order valence-corrected chi connectivity index (χ1v) is 6.27. The van der Waals surface area contributed by atoms with Gasteiger partial charge >= 0.3 is 10.2 Å². The molecule has 1 aromatic rings. The van der Waals surface area contributed by atoms with Crippen molar-refractivity contribution in [2.45, 2.75) is 19.3 Å². The molecule has 0 saturated carbocycles.